The van der Waals surface area contributed by atoms with Gasteiger partial charge in [-0.2, -0.15) is 13.2 Å². The van der Waals surface area contributed by atoms with Crippen LogP contribution in [0.2, 0.25) is 5.02 Å². The van der Waals surface area contributed by atoms with Crippen LogP contribution in [0.4, 0.5) is 13.2 Å². The van der Waals surface area contributed by atoms with Gasteiger partial charge in [0.1, 0.15) is 5.75 Å². The van der Waals surface area contributed by atoms with Crippen molar-refractivity contribution in [3.63, 3.8) is 0 Å². The molecule has 0 unspecified atom stereocenters. The zero-order valence-electron chi connectivity index (χ0n) is 10.7. The van der Waals surface area contributed by atoms with E-state index in [-0.39, 0.29) is 12.2 Å². The molecule has 2 rings (SSSR count). The van der Waals surface area contributed by atoms with Gasteiger partial charge in [-0.1, -0.05) is 29.8 Å². The maximum atomic E-state index is 12.7. The maximum absolute atomic E-state index is 12.7. The zero-order chi connectivity index (χ0) is 15.5. The largest absolute Gasteiger partial charge is 0.485 e. The highest BCUT2D eigenvalue weighted by Gasteiger charge is 2.33. The highest BCUT2D eigenvalue weighted by atomic mass is 35.5. The third-order valence-electron chi connectivity index (χ3n) is 2.71. The smallest absolute Gasteiger partial charge is 0.417 e. The van der Waals surface area contributed by atoms with Gasteiger partial charge in [-0.3, -0.25) is 4.79 Å². The van der Waals surface area contributed by atoms with Crippen molar-refractivity contribution in [3.05, 3.63) is 64.7 Å². The monoisotopic (exact) mass is 314 g/mol. The van der Waals surface area contributed by atoms with E-state index in [2.05, 4.69) is 0 Å². The molecule has 0 heterocycles. The van der Waals surface area contributed by atoms with Gasteiger partial charge in [-0.05, 0) is 30.3 Å². The highest BCUT2D eigenvalue weighted by molar-refractivity contribution is 6.31. The van der Waals surface area contributed by atoms with Crippen LogP contribution in [0.5, 0.6) is 5.75 Å². The second-order valence-electron chi connectivity index (χ2n) is 4.22. The van der Waals surface area contributed by atoms with Gasteiger partial charge in [-0.15, -0.1) is 0 Å². The van der Waals surface area contributed by atoms with Crippen LogP contribution < -0.4 is 4.74 Å². The topological polar surface area (TPSA) is 26.3 Å². The van der Waals surface area contributed by atoms with E-state index in [0.29, 0.717) is 5.75 Å². The summed E-state index contributed by atoms with van der Waals surface area (Å²) < 4.78 is 43.4. The Bertz CT molecular complexity index is 639. The number of ether oxygens (including phenoxy) is 1. The van der Waals surface area contributed by atoms with Gasteiger partial charge in [0.15, 0.2) is 12.4 Å². The lowest BCUT2D eigenvalue weighted by Gasteiger charge is -2.11. The number of carbonyl (C=O) groups excluding carboxylic acids is 1. The van der Waals surface area contributed by atoms with Crippen molar-refractivity contribution in [1.29, 1.82) is 0 Å². The first kappa shape index (κ1) is 15.4. The van der Waals surface area contributed by atoms with E-state index in [9.17, 15) is 18.0 Å². The first-order chi connectivity index (χ1) is 9.88. The van der Waals surface area contributed by atoms with Gasteiger partial charge in [0.05, 0.1) is 10.6 Å². The van der Waals surface area contributed by atoms with Gasteiger partial charge in [-0.25, -0.2) is 0 Å². The molecule has 0 saturated heterocycles. The second kappa shape index (κ2) is 6.18. The van der Waals surface area contributed by atoms with Crippen molar-refractivity contribution in [2.45, 2.75) is 6.18 Å². The lowest BCUT2D eigenvalue weighted by Crippen LogP contribution is -2.14. The van der Waals surface area contributed by atoms with Gasteiger partial charge in [0, 0.05) is 5.56 Å². The van der Waals surface area contributed by atoms with Crippen molar-refractivity contribution in [3.8, 4) is 5.75 Å². The number of Topliss-reactive ketones (excluding diaryl/α,β-unsaturated/α-hetero) is 1. The van der Waals surface area contributed by atoms with Gasteiger partial charge < -0.3 is 4.74 Å². The Morgan fingerprint density at radius 3 is 2.38 bits per heavy atom. The quantitative estimate of drug-likeness (QED) is 0.770. The Labute approximate surface area is 124 Å². The molecule has 0 saturated carbocycles. The van der Waals surface area contributed by atoms with E-state index in [1.807, 2.05) is 0 Å². The number of hydrogen-bond donors (Lipinski definition) is 0. The minimum atomic E-state index is -4.60. The fraction of sp³-hybridized carbons (Fsp3) is 0.133. The summed E-state index contributed by atoms with van der Waals surface area (Å²) in [6.45, 7) is -0.344. The van der Waals surface area contributed by atoms with Gasteiger partial charge >= 0.3 is 6.18 Å². The highest BCUT2D eigenvalue weighted by Crippen LogP contribution is 2.35. The molecule has 110 valence electrons. The molecule has 21 heavy (non-hydrogen) atoms. The minimum absolute atomic E-state index is 0.0948. The predicted molar refractivity (Wildman–Crippen MR) is 72.7 cm³/mol. The third-order valence-corrected chi connectivity index (χ3v) is 3.04. The second-order valence-corrected chi connectivity index (χ2v) is 4.62. The van der Waals surface area contributed by atoms with E-state index in [4.69, 9.17) is 16.3 Å². The summed E-state index contributed by atoms with van der Waals surface area (Å²) in [5, 5.41) is -0.442. The number of hydrogen-bond acceptors (Lipinski definition) is 2. The number of para-hydroxylation sites is 1. The number of alkyl halides is 3. The SMILES string of the molecule is O=C(COc1ccccc1)c1ccc(Cl)c(C(F)(F)F)c1. The lowest BCUT2D eigenvalue weighted by atomic mass is 10.1. The first-order valence-electron chi connectivity index (χ1n) is 5.96. The van der Waals surface area contributed by atoms with Gasteiger partial charge in [0.25, 0.3) is 0 Å². The summed E-state index contributed by atoms with van der Waals surface area (Å²) in [7, 11) is 0. The number of carbonyl (C=O) groups is 1. The molecule has 0 N–H and O–H groups in total. The fourth-order valence-electron chi connectivity index (χ4n) is 1.66. The number of halogens is 4. The molecular formula is C15H10ClF3O2. The summed E-state index contributed by atoms with van der Waals surface area (Å²) in [5.41, 5.74) is -1.13. The van der Waals surface area contributed by atoms with E-state index in [1.165, 1.54) is 6.07 Å². The van der Waals surface area contributed by atoms with Crippen LogP contribution in [0.25, 0.3) is 0 Å². The molecule has 0 aliphatic heterocycles. The maximum Gasteiger partial charge on any atom is 0.417 e. The molecular weight excluding hydrogens is 305 g/mol. The van der Waals surface area contributed by atoms with Crippen LogP contribution in [0.15, 0.2) is 48.5 Å². The van der Waals surface area contributed by atoms with E-state index in [0.717, 1.165) is 12.1 Å². The molecule has 2 aromatic rings. The van der Waals surface area contributed by atoms with E-state index < -0.39 is 22.5 Å². The Hall–Kier alpha value is -2.01. The molecule has 0 radical (unpaired) electrons. The predicted octanol–water partition coefficient (Wildman–Crippen LogP) is 4.62. The van der Waals surface area contributed by atoms with Gasteiger partial charge in [0.2, 0.25) is 0 Å². The molecule has 2 aromatic carbocycles. The number of ketones is 1. The average Bonchev–Trinajstić information content (AvgIpc) is 2.45. The van der Waals surface area contributed by atoms with Crippen molar-refractivity contribution >= 4 is 17.4 Å². The number of rotatable bonds is 4. The summed E-state index contributed by atoms with van der Waals surface area (Å²) in [6.07, 6.45) is -4.60. The lowest BCUT2D eigenvalue weighted by molar-refractivity contribution is -0.137. The molecule has 0 spiro atoms. The summed E-state index contributed by atoms with van der Waals surface area (Å²) in [4.78, 5) is 11.9. The Kier molecular flexibility index (Phi) is 4.53. The molecule has 0 aromatic heterocycles. The van der Waals surface area contributed by atoms with Crippen LogP contribution in [0.1, 0.15) is 15.9 Å². The zero-order valence-corrected chi connectivity index (χ0v) is 11.4. The Balaban J connectivity index is 2.13. The van der Waals surface area contributed by atoms with Crippen LogP contribution >= 0.6 is 11.6 Å². The van der Waals surface area contributed by atoms with Crippen molar-refractivity contribution < 1.29 is 22.7 Å². The first-order valence-corrected chi connectivity index (χ1v) is 6.33. The summed E-state index contributed by atoms with van der Waals surface area (Å²) in [5.74, 6) is -0.0862. The fourth-order valence-corrected chi connectivity index (χ4v) is 1.89. The minimum Gasteiger partial charge on any atom is -0.485 e. The summed E-state index contributed by atoms with van der Waals surface area (Å²) in [6, 6.07) is 11.6. The molecule has 0 aliphatic carbocycles. The molecule has 0 aliphatic rings. The van der Waals surface area contributed by atoms with Crippen molar-refractivity contribution in [1.82, 2.24) is 0 Å². The van der Waals surface area contributed by atoms with E-state index >= 15 is 0 Å². The Morgan fingerprint density at radius 2 is 1.76 bits per heavy atom. The van der Waals surface area contributed by atoms with Crippen LogP contribution in [-0.2, 0) is 6.18 Å². The van der Waals surface area contributed by atoms with Crippen LogP contribution in [0, 0.1) is 0 Å². The molecule has 6 heteroatoms. The van der Waals surface area contributed by atoms with Crippen molar-refractivity contribution in [2.75, 3.05) is 6.61 Å². The van der Waals surface area contributed by atoms with E-state index in [1.54, 1.807) is 30.3 Å². The molecule has 0 fully saturated rings. The van der Waals surface area contributed by atoms with Crippen LogP contribution in [0.3, 0.4) is 0 Å². The summed E-state index contributed by atoms with van der Waals surface area (Å²) >= 11 is 5.50. The average molecular weight is 315 g/mol. The van der Waals surface area contributed by atoms with Crippen LogP contribution in [-0.4, -0.2) is 12.4 Å². The third kappa shape index (κ3) is 3.98. The van der Waals surface area contributed by atoms with Crippen molar-refractivity contribution in [2.24, 2.45) is 0 Å². The Morgan fingerprint density at radius 1 is 1.10 bits per heavy atom. The molecule has 2 nitrogen and oxygen atoms in total. The normalized spacial score (nSPS) is 11.2. The molecule has 0 amide bonds. The molecule has 0 atom stereocenters. The standard InChI is InChI=1S/C15H10ClF3O2/c16-13-7-6-10(8-12(13)15(17,18)19)14(20)9-21-11-4-2-1-3-5-11/h1-8H,9H2. The number of benzene rings is 2. The molecule has 0 bridgehead atoms.